The molecule has 0 N–H and O–H groups in total. The van der Waals surface area contributed by atoms with E-state index in [1.54, 1.807) is 11.3 Å². The lowest BCUT2D eigenvalue weighted by molar-refractivity contribution is 0.271. The van der Waals surface area contributed by atoms with Gasteiger partial charge in [0.15, 0.2) is 11.5 Å². The number of hydrogen-bond acceptors (Lipinski definition) is 3. The molecule has 0 spiro atoms. The highest BCUT2D eigenvalue weighted by Crippen LogP contribution is 2.30. The molecule has 0 atom stereocenters. The van der Waals surface area contributed by atoms with Crippen LogP contribution in [0.4, 0.5) is 0 Å². The second kappa shape index (κ2) is 7.55. The Balaban J connectivity index is 2.07. The first-order valence-corrected chi connectivity index (χ1v) is 8.14. The summed E-state index contributed by atoms with van der Waals surface area (Å²) in [6.07, 6.45) is 1.07. The van der Waals surface area contributed by atoms with Gasteiger partial charge in [0.25, 0.3) is 0 Å². The summed E-state index contributed by atoms with van der Waals surface area (Å²) in [5, 5.41) is 0. The smallest absolute Gasteiger partial charge is 0.161 e. The summed E-state index contributed by atoms with van der Waals surface area (Å²) >= 11 is 7.64. The van der Waals surface area contributed by atoms with Crippen LogP contribution < -0.4 is 9.47 Å². The zero-order chi connectivity index (χ0) is 14.4. The van der Waals surface area contributed by atoms with Gasteiger partial charge in [-0.15, -0.1) is 22.9 Å². The van der Waals surface area contributed by atoms with Gasteiger partial charge in [-0.3, -0.25) is 0 Å². The first-order valence-electron chi connectivity index (χ1n) is 6.78. The Bertz CT molecular complexity index is 551. The van der Waals surface area contributed by atoms with E-state index in [-0.39, 0.29) is 0 Å². The van der Waals surface area contributed by atoms with Crippen molar-refractivity contribution < 1.29 is 9.47 Å². The molecule has 0 amide bonds. The molecule has 0 fully saturated rings. The Morgan fingerprint density at radius 2 is 1.80 bits per heavy atom. The van der Waals surface area contributed by atoms with Gasteiger partial charge in [0.1, 0.15) is 6.61 Å². The van der Waals surface area contributed by atoms with E-state index in [4.69, 9.17) is 21.1 Å². The maximum atomic E-state index is 5.88. The molecule has 0 saturated carbocycles. The highest BCUT2D eigenvalue weighted by Gasteiger charge is 2.07. The molecule has 4 heteroatoms. The Morgan fingerprint density at radius 3 is 2.45 bits per heavy atom. The Kier molecular flexibility index (Phi) is 5.74. The van der Waals surface area contributed by atoms with E-state index < -0.39 is 0 Å². The monoisotopic (exact) mass is 310 g/mol. The molecule has 1 aromatic carbocycles. The first-order chi connectivity index (χ1) is 9.76. The van der Waals surface area contributed by atoms with Gasteiger partial charge in [0, 0.05) is 15.6 Å². The third kappa shape index (κ3) is 3.90. The molecule has 0 radical (unpaired) electrons. The summed E-state index contributed by atoms with van der Waals surface area (Å²) in [5.41, 5.74) is 1.03. The number of benzene rings is 1. The maximum Gasteiger partial charge on any atom is 0.161 e. The Labute approximate surface area is 129 Å². The van der Waals surface area contributed by atoms with Gasteiger partial charge in [-0.05, 0) is 43.2 Å². The van der Waals surface area contributed by atoms with Crippen molar-refractivity contribution in [2.75, 3.05) is 6.61 Å². The molecule has 20 heavy (non-hydrogen) atoms. The molecule has 0 aliphatic carbocycles. The molecule has 0 saturated heterocycles. The minimum Gasteiger partial charge on any atom is -0.490 e. The molecule has 2 nitrogen and oxygen atoms in total. The van der Waals surface area contributed by atoms with Crippen LogP contribution in [0.15, 0.2) is 30.3 Å². The predicted molar refractivity (Wildman–Crippen MR) is 85.2 cm³/mol. The molecule has 0 aliphatic rings. The summed E-state index contributed by atoms with van der Waals surface area (Å²) in [7, 11) is 0. The minimum absolute atomic E-state index is 0.477. The number of thiophene rings is 1. The number of rotatable bonds is 7. The first kappa shape index (κ1) is 15.2. The van der Waals surface area contributed by atoms with E-state index in [0.29, 0.717) is 19.1 Å². The van der Waals surface area contributed by atoms with Crippen molar-refractivity contribution in [3.8, 4) is 11.5 Å². The molecular weight excluding hydrogens is 292 g/mol. The minimum atomic E-state index is 0.477. The number of aryl methyl sites for hydroxylation is 1. The fraction of sp³-hybridized carbons (Fsp3) is 0.375. The normalized spacial score (nSPS) is 10.6. The predicted octanol–water partition coefficient (Wildman–Crippen LogP) is 5.03. The van der Waals surface area contributed by atoms with Crippen molar-refractivity contribution in [3.63, 3.8) is 0 Å². The summed E-state index contributed by atoms with van der Waals surface area (Å²) in [6, 6.07) is 10.1. The third-order valence-electron chi connectivity index (χ3n) is 2.90. The number of halogens is 1. The zero-order valence-corrected chi connectivity index (χ0v) is 13.4. The van der Waals surface area contributed by atoms with Crippen LogP contribution in [0.5, 0.6) is 11.5 Å². The lowest BCUT2D eigenvalue weighted by Gasteiger charge is -2.12. The summed E-state index contributed by atoms with van der Waals surface area (Å²) in [6.45, 7) is 5.31. The molecule has 0 bridgehead atoms. The van der Waals surface area contributed by atoms with Crippen molar-refractivity contribution in [1.29, 1.82) is 0 Å². The van der Waals surface area contributed by atoms with E-state index in [0.717, 1.165) is 23.5 Å². The average Bonchev–Trinajstić information content (AvgIpc) is 2.94. The van der Waals surface area contributed by atoms with Gasteiger partial charge in [0.05, 0.1) is 6.61 Å². The summed E-state index contributed by atoms with van der Waals surface area (Å²) < 4.78 is 11.5. The number of alkyl halides is 1. The highest BCUT2D eigenvalue weighted by molar-refractivity contribution is 7.11. The summed E-state index contributed by atoms with van der Waals surface area (Å²) in [4.78, 5) is 2.61. The van der Waals surface area contributed by atoms with Crippen molar-refractivity contribution >= 4 is 22.9 Å². The SMILES string of the molecule is CCOc1cc(CCl)ccc1OCc1ccc(CC)s1. The third-order valence-corrected chi connectivity index (χ3v) is 4.41. The largest absolute Gasteiger partial charge is 0.490 e. The quantitative estimate of drug-likeness (QED) is 0.668. The topological polar surface area (TPSA) is 18.5 Å². The molecule has 1 aromatic heterocycles. The lowest BCUT2D eigenvalue weighted by atomic mass is 10.2. The molecule has 0 unspecified atom stereocenters. The molecule has 2 rings (SSSR count). The Morgan fingerprint density at radius 1 is 1.00 bits per heavy atom. The van der Waals surface area contributed by atoms with Gasteiger partial charge in [-0.25, -0.2) is 0 Å². The molecule has 2 aromatic rings. The van der Waals surface area contributed by atoms with E-state index in [1.807, 2.05) is 25.1 Å². The van der Waals surface area contributed by atoms with E-state index in [2.05, 4.69) is 19.1 Å². The standard InChI is InChI=1S/C16H19ClO2S/c1-3-13-6-7-14(20-13)11-19-15-8-5-12(10-17)9-16(15)18-4-2/h5-9H,3-4,10-11H2,1-2H3. The average molecular weight is 311 g/mol. The van der Waals surface area contributed by atoms with E-state index >= 15 is 0 Å². The molecule has 108 valence electrons. The van der Waals surface area contributed by atoms with Crippen LogP contribution in [0.25, 0.3) is 0 Å². The second-order valence-electron chi connectivity index (χ2n) is 4.36. The van der Waals surface area contributed by atoms with Crippen molar-refractivity contribution in [2.45, 2.75) is 32.8 Å². The second-order valence-corrected chi connectivity index (χ2v) is 5.88. The number of hydrogen-bond donors (Lipinski definition) is 0. The van der Waals surface area contributed by atoms with E-state index in [9.17, 15) is 0 Å². The van der Waals surface area contributed by atoms with Crippen LogP contribution in [-0.2, 0) is 18.9 Å². The van der Waals surface area contributed by atoms with Crippen molar-refractivity contribution in [1.82, 2.24) is 0 Å². The Hall–Kier alpha value is -1.19. The fourth-order valence-corrected chi connectivity index (χ4v) is 2.90. The van der Waals surface area contributed by atoms with Gasteiger partial charge >= 0.3 is 0 Å². The highest BCUT2D eigenvalue weighted by atomic mass is 35.5. The maximum absolute atomic E-state index is 5.88. The van der Waals surface area contributed by atoms with Gasteiger partial charge in [0.2, 0.25) is 0 Å². The van der Waals surface area contributed by atoms with Crippen molar-refractivity contribution in [3.05, 3.63) is 45.6 Å². The molecular formula is C16H19ClO2S. The molecule has 1 heterocycles. The van der Waals surface area contributed by atoms with Crippen LogP contribution >= 0.6 is 22.9 Å². The van der Waals surface area contributed by atoms with Crippen LogP contribution in [0, 0.1) is 0 Å². The van der Waals surface area contributed by atoms with Crippen molar-refractivity contribution in [2.24, 2.45) is 0 Å². The molecule has 0 aliphatic heterocycles. The van der Waals surface area contributed by atoms with Crippen LogP contribution in [0.3, 0.4) is 0 Å². The number of ether oxygens (including phenoxy) is 2. The van der Waals surface area contributed by atoms with Gasteiger partial charge < -0.3 is 9.47 Å². The van der Waals surface area contributed by atoms with E-state index in [1.165, 1.54) is 9.75 Å². The van der Waals surface area contributed by atoms with Crippen LogP contribution in [0.1, 0.15) is 29.2 Å². The van der Waals surface area contributed by atoms with Crippen LogP contribution in [0.2, 0.25) is 0 Å². The summed E-state index contributed by atoms with van der Waals surface area (Å²) in [5.74, 6) is 2.01. The lowest BCUT2D eigenvalue weighted by Crippen LogP contribution is -1.99. The van der Waals surface area contributed by atoms with Gasteiger partial charge in [-0.2, -0.15) is 0 Å². The van der Waals surface area contributed by atoms with Gasteiger partial charge in [-0.1, -0.05) is 13.0 Å². The van der Waals surface area contributed by atoms with Crippen LogP contribution in [-0.4, -0.2) is 6.61 Å². The zero-order valence-electron chi connectivity index (χ0n) is 11.8. The fourth-order valence-electron chi connectivity index (χ4n) is 1.86.